The third kappa shape index (κ3) is 4.14. The van der Waals surface area contributed by atoms with Crippen LogP contribution >= 0.6 is 0 Å². The van der Waals surface area contributed by atoms with Crippen LogP contribution < -0.4 is 10.6 Å². The van der Waals surface area contributed by atoms with Gasteiger partial charge in [0.25, 0.3) is 0 Å². The van der Waals surface area contributed by atoms with Gasteiger partial charge in [-0.25, -0.2) is 9.78 Å². The van der Waals surface area contributed by atoms with Crippen molar-refractivity contribution in [3.8, 4) is 11.4 Å². The van der Waals surface area contributed by atoms with Crippen LogP contribution in [0.15, 0.2) is 36.7 Å². The smallest absolute Gasteiger partial charge is 0.319 e. The summed E-state index contributed by atoms with van der Waals surface area (Å²) in [6.45, 7) is 0.599. The maximum absolute atomic E-state index is 12.1. The second kappa shape index (κ2) is 7.49. The number of aryl methyl sites for hydroxylation is 1. The highest BCUT2D eigenvalue weighted by molar-refractivity contribution is 5.89. The summed E-state index contributed by atoms with van der Waals surface area (Å²) >= 11 is 0. The summed E-state index contributed by atoms with van der Waals surface area (Å²) in [6, 6.07) is 7.42. The molecule has 0 spiro atoms. The number of hydrogen-bond donors (Lipinski definition) is 3. The number of urea groups is 1. The third-order valence-electron chi connectivity index (χ3n) is 4.51. The van der Waals surface area contributed by atoms with E-state index < -0.39 is 0 Å². The summed E-state index contributed by atoms with van der Waals surface area (Å²) < 4.78 is 1.94. The fourth-order valence-electron chi connectivity index (χ4n) is 3.24. The highest BCUT2D eigenvalue weighted by Gasteiger charge is 2.20. The van der Waals surface area contributed by atoms with Gasteiger partial charge in [-0.3, -0.25) is 0 Å². The van der Waals surface area contributed by atoms with Gasteiger partial charge in [0.15, 0.2) is 0 Å². The summed E-state index contributed by atoms with van der Waals surface area (Å²) in [6.07, 6.45) is 7.16. The maximum Gasteiger partial charge on any atom is 0.319 e. The number of nitrogens with one attached hydrogen (secondary N) is 2. The van der Waals surface area contributed by atoms with E-state index in [2.05, 4.69) is 15.6 Å². The third-order valence-corrected chi connectivity index (χ3v) is 4.51. The number of carbonyl (C=O) groups is 1. The first-order valence-electron chi connectivity index (χ1n) is 8.42. The second-order valence-corrected chi connectivity index (χ2v) is 6.46. The Morgan fingerprint density at radius 3 is 3.04 bits per heavy atom. The van der Waals surface area contributed by atoms with Crippen molar-refractivity contribution in [2.75, 3.05) is 11.9 Å². The molecule has 6 nitrogen and oxygen atoms in total. The van der Waals surface area contributed by atoms with E-state index in [4.69, 9.17) is 0 Å². The number of nitrogens with zero attached hydrogens (tertiary/aromatic N) is 2. The number of rotatable bonds is 4. The van der Waals surface area contributed by atoms with Crippen LogP contribution in [0.5, 0.6) is 0 Å². The largest absolute Gasteiger partial charge is 0.393 e. The Balaban J connectivity index is 1.56. The molecule has 2 amide bonds. The first kappa shape index (κ1) is 16.5. The van der Waals surface area contributed by atoms with Crippen LogP contribution in [-0.2, 0) is 7.05 Å². The molecular weight excluding hydrogens is 304 g/mol. The Morgan fingerprint density at radius 1 is 1.42 bits per heavy atom. The molecule has 0 saturated heterocycles. The fraction of sp³-hybridized carbons (Fsp3) is 0.444. The first-order valence-corrected chi connectivity index (χ1v) is 8.42. The van der Waals surface area contributed by atoms with Crippen molar-refractivity contribution in [2.45, 2.75) is 31.8 Å². The quantitative estimate of drug-likeness (QED) is 0.807. The van der Waals surface area contributed by atoms with Gasteiger partial charge in [0.05, 0.1) is 6.10 Å². The molecule has 2 atom stereocenters. The van der Waals surface area contributed by atoms with Gasteiger partial charge in [0, 0.05) is 37.2 Å². The number of aliphatic hydroxyl groups is 1. The van der Waals surface area contributed by atoms with Crippen LogP contribution in [0.1, 0.15) is 25.7 Å². The molecule has 1 aliphatic rings. The molecule has 1 aliphatic carbocycles. The number of amides is 2. The summed E-state index contributed by atoms with van der Waals surface area (Å²) in [5, 5.41) is 15.5. The zero-order valence-corrected chi connectivity index (χ0v) is 13.9. The molecule has 1 fully saturated rings. The normalized spacial score (nSPS) is 20.6. The van der Waals surface area contributed by atoms with Crippen LogP contribution in [0.25, 0.3) is 11.4 Å². The number of carbonyl (C=O) groups excluding carboxylic acids is 1. The van der Waals surface area contributed by atoms with Gasteiger partial charge in [0.2, 0.25) is 0 Å². The Bertz CT molecular complexity index is 698. The van der Waals surface area contributed by atoms with Crippen molar-refractivity contribution in [2.24, 2.45) is 13.0 Å². The molecule has 1 heterocycles. The number of aromatic nitrogens is 2. The van der Waals surface area contributed by atoms with E-state index in [9.17, 15) is 9.90 Å². The number of aliphatic hydroxyl groups excluding tert-OH is 1. The number of imidazole rings is 1. The van der Waals surface area contributed by atoms with Crippen LogP contribution in [-0.4, -0.2) is 33.3 Å². The Labute approximate surface area is 141 Å². The Kier molecular flexibility index (Phi) is 5.15. The molecule has 3 N–H and O–H groups in total. The second-order valence-electron chi connectivity index (χ2n) is 6.46. The van der Waals surface area contributed by atoms with Crippen LogP contribution in [0.2, 0.25) is 0 Å². The molecule has 2 unspecified atom stereocenters. The van der Waals surface area contributed by atoms with Crippen molar-refractivity contribution in [3.05, 3.63) is 36.7 Å². The fourth-order valence-corrected chi connectivity index (χ4v) is 3.24. The first-order chi connectivity index (χ1) is 11.6. The number of hydrogen-bond acceptors (Lipinski definition) is 3. The minimum Gasteiger partial charge on any atom is -0.393 e. The standard InChI is InChI=1S/C18H24N4O2/c1-22-9-8-19-17(22)14-5-3-6-15(11-14)21-18(24)20-12-13-4-2-7-16(23)10-13/h3,5-6,8-9,11,13,16,23H,2,4,7,10,12H2,1H3,(H2,20,21,24). The van der Waals surface area contributed by atoms with Gasteiger partial charge < -0.3 is 20.3 Å². The van der Waals surface area contributed by atoms with Gasteiger partial charge in [-0.15, -0.1) is 0 Å². The van der Waals surface area contributed by atoms with E-state index in [0.717, 1.165) is 42.8 Å². The summed E-state index contributed by atoms with van der Waals surface area (Å²) in [7, 11) is 1.94. The molecule has 3 rings (SSSR count). The minimum atomic E-state index is -0.219. The molecule has 0 radical (unpaired) electrons. The average molecular weight is 328 g/mol. The molecular formula is C18H24N4O2. The summed E-state index contributed by atoms with van der Waals surface area (Å²) in [5.41, 5.74) is 1.69. The summed E-state index contributed by atoms with van der Waals surface area (Å²) in [5.74, 6) is 1.22. The molecule has 128 valence electrons. The van der Waals surface area contributed by atoms with Crippen molar-refractivity contribution < 1.29 is 9.90 Å². The lowest BCUT2D eigenvalue weighted by Gasteiger charge is -2.25. The molecule has 0 bridgehead atoms. The number of anilines is 1. The van der Waals surface area contributed by atoms with Crippen molar-refractivity contribution in [3.63, 3.8) is 0 Å². The maximum atomic E-state index is 12.1. The lowest BCUT2D eigenvalue weighted by atomic mass is 9.87. The molecule has 6 heteroatoms. The van der Waals surface area contributed by atoms with Crippen molar-refractivity contribution >= 4 is 11.7 Å². The predicted molar refractivity (Wildman–Crippen MR) is 93.6 cm³/mol. The monoisotopic (exact) mass is 328 g/mol. The van der Waals surface area contributed by atoms with Gasteiger partial charge in [-0.05, 0) is 37.3 Å². The summed E-state index contributed by atoms with van der Waals surface area (Å²) in [4.78, 5) is 16.4. The van der Waals surface area contributed by atoms with Crippen molar-refractivity contribution in [1.29, 1.82) is 0 Å². The molecule has 1 aromatic carbocycles. The zero-order valence-electron chi connectivity index (χ0n) is 13.9. The van der Waals surface area contributed by atoms with Gasteiger partial charge in [-0.2, -0.15) is 0 Å². The average Bonchev–Trinajstić information content (AvgIpc) is 2.99. The molecule has 24 heavy (non-hydrogen) atoms. The van der Waals surface area contributed by atoms with Gasteiger partial charge >= 0.3 is 6.03 Å². The Morgan fingerprint density at radius 2 is 2.29 bits per heavy atom. The van der Waals surface area contributed by atoms with E-state index in [0.29, 0.717) is 12.5 Å². The van der Waals surface area contributed by atoms with Crippen LogP contribution in [0.3, 0.4) is 0 Å². The van der Waals surface area contributed by atoms with E-state index in [1.165, 1.54) is 0 Å². The lowest BCUT2D eigenvalue weighted by Crippen LogP contribution is -2.35. The molecule has 0 aliphatic heterocycles. The highest BCUT2D eigenvalue weighted by atomic mass is 16.3. The topological polar surface area (TPSA) is 79.2 Å². The number of benzene rings is 1. The lowest BCUT2D eigenvalue weighted by molar-refractivity contribution is 0.101. The van der Waals surface area contributed by atoms with Crippen LogP contribution in [0, 0.1) is 5.92 Å². The van der Waals surface area contributed by atoms with E-state index in [1.54, 1.807) is 6.20 Å². The van der Waals surface area contributed by atoms with E-state index in [1.807, 2.05) is 42.1 Å². The van der Waals surface area contributed by atoms with Gasteiger partial charge in [-0.1, -0.05) is 18.6 Å². The molecule has 1 saturated carbocycles. The molecule has 1 aromatic heterocycles. The zero-order chi connectivity index (χ0) is 16.9. The predicted octanol–water partition coefficient (Wildman–Crippen LogP) is 2.76. The highest BCUT2D eigenvalue weighted by Crippen LogP contribution is 2.24. The minimum absolute atomic E-state index is 0.216. The Hall–Kier alpha value is -2.34. The van der Waals surface area contributed by atoms with E-state index >= 15 is 0 Å². The van der Waals surface area contributed by atoms with Gasteiger partial charge in [0.1, 0.15) is 5.82 Å². The van der Waals surface area contributed by atoms with E-state index in [-0.39, 0.29) is 12.1 Å². The SMILES string of the molecule is Cn1ccnc1-c1cccc(NC(=O)NCC2CCCC(O)C2)c1. The van der Waals surface area contributed by atoms with Crippen LogP contribution in [0.4, 0.5) is 10.5 Å². The van der Waals surface area contributed by atoms with Crippen molar-refractivity contribution in [1.82, 2.24) is 14.9 Å². The molecule has 2 aromatic rings.